The molecule has 1 heterocycles. The molecule has 0 saturated carbocycles. The predicted octanol–water partition coefficient (Wildman–Crippen LogP) is 0.735. The highest BCUT2D eigenvalue weighted by molar-refractivity contribution is 5.87. The minimum atomic E-state index is -0.915. The molecule has 1 saturated heterocycles. The molecule has 2 rings (SSSR count). The van der Waals surface area contributed by atoms with Gasteiger partial charge in [-0.2, -0.15) is 0 Å². The van der Waals surface area contributed by atoms with Crippen molar-refractivity contribution in [2.75, 3.05) is 13.1 Å². The van der Waals surface area contributed by atoms with Gasteiger partial charge in [-0.05, 0) is 24.3 Å². The maximum absolute atomic E-state index is 10.6. The summed E-state index contributed by atoms with van der Waals surface area (Å²) < 4.78 is 5.53. The van der Waals surface area contributed by atoms with Crippen LogP contribution in [0.25, 0.3) is 0 Å². The summed E-state index contributed by atoms with van der Waals surface area (Å²) in [5.41, 5.74) is 0.282. The first kappa shape index (κ1) is 9.02. The summed E-state index contributed by atoms with van der Waals surface area (Å²) in [6.07, 6.45) is 0.227. The number of benzene rings is 1. The fourth-order valence-electron chi connectivity index (χ4n) is 1.21. The van der Waals surface area contributed by atoms with Gasteiger partial charge >= 0.3 is 5.97 Å². The Kier molecular flexibility index (Phi) is 2.37. The number of carboxylic acids is 1. The summed E-state index contributed by atoms with van der Waals surface area (Å²) in [6, 6.07) is 6.46. The van der Waals surface area contributed by atoms with Gasteiger partial charge in [-0.15, -0.1) is 0 Å². The molecule has 14 heavy (non-hydrogen) atoms. The van der Waals surface area contributed by atoms with Crippen molar-refractivity contribution in [2.45, 2.75) is 6.10 Å². The number of hydrogen-bond donors (Lipinski definition) is 2. The van der Waals surface area contributed by atoms with Crippen molar-refractivity contribution < 1.29 is 14.6 Å². The van der Waals surface area contributed by atoms with E-state index in [9.17, 15) is 4.79 Å². The van der Waals surface area contributed by atoms with Crippen molar-refractivity contribution >= 4 is 5.97 Å². The van der Waals surface area contributed by atoms with E-state index in [1.54, 1.807) is 24.3 Å². The van der Waals surface area contributed by atoms with Gasteiger partial charge in [0.1, 0.15) is 11.9 Å². The molecule has 2 N–H and O–H groups in total. The number of carbonyl (C=O) groups is 1. The standard InChI is InChI=1S/C10H11NO3/c12-10(13)7-1-3-8(4-2-7)14-9-5-11-6-9/h1-4,9,11H,5-6H2,(H,12,13). The maximum Gasteiger partial charge on any atom is 0.335 e. The molecule has 4 nitrogen and oxygen atoms in total. The molecule has 4 heteroatoms. The number of aromatic carboxylic acids is 1. The minimum Gasteiger partial charge on any atom is -0.488 e. The van der Waals surface area contributed by atoms with Gasteiger partial charge in [-0.3, -0.25) is 0 Å². The first-order chi connectivity index (χ1) is 6.75. The Hall–Kier alpha value is -1.55. The van der Waals surface area contributed by atoms with Gasteiger partial charge in [-0.25, -0.2) is 4.79 Å². The highest BCUT2D eigenvalue weighted by Gasteiger charge is 2.18. The molecule has 0 unspecified atom stereocenters. The van der Waals surface area contributed by atoms with Crippen LogP contribution in [-0.2, 0) is 0 Å². The average Bonchev–Trinajstić information content (AvgIpc) is 2.12. The molecule has 0 amide bonds. The fourth-order valence-corrected chi connectivity index (χ4v) is 1.21. The molecule has 0 atom stereocenters. The molecule has 74 valence electrons. The van der Waals surface area contributed by atoms with Gasteiger partial charge in [0.2, 0.25) is 0 Å². The lowest BCUT2D eigenvalue weighted by Crippen LogP contribution is -2.50. The van der Waals surface area contributed by atoms with Crippen molar-refractivity contribution in [1.82, 2.24) is 5.32 Å². The van der Waals surface area contributed by atoms with Gasteiger partial charge < -0.3 is 15.2 Å². The fraction of sp³-hybridized carbons (Fsp3) is 0.300. The Morgan fingerprint density at radius 1 is 1.36 bits per heavy atom. The van der Waals surface area contributed by atoms with Crippen LogP contribution in [-0.4, -0.2) is 30.3 Å². The Morgan fingerprint density at radius 2 is 2.00 bits per heavy atom. The van der Waals surface area contributed by atoms with Gasteiger partial charge in [0, 0.05) is 13.1 Å². The van der Waals surface area contributed by atoms with Crippen molar-refractivity contribution in [3.63, 3.8) is 0 Å². The molecule has 0 aromatic heterocycles. The van der Waals surface area contributed by atoms with E-state index >= 15 is 0 Å². The third-order valence-electron chi connectivity index (χ3n) is 2.15. The van der Waals surface area contributed by atoms with Gasteiger partial charge in [0.15, 0.2) is 0 Å². The first-order valence-electron chi connectivity index (χ1n) is 4.46. The Labute approximate surface area is 81.5 Å². The lowest BCUT2D eigenvalue weighted by Gasteiger charge is -2.27. The van der Waals surface area contributed by atoms with E-state index in [0.29, 0.717) is 0 Å². The van der Waals surface area contributed by atoms with E-state index in [1.165, 1.54) is 0 Å². The second kappa shape index (κ2) is 3.67. The zero-order chi connectivity index (χ0) is 9.97. The number of nitrogens with one attached hydrogen (secondary N) is 1. The van der Waals surface area contributed by atoms with Crippen molar-refractivity contribution in [3.8, 4) is 5.75 Å². The molecule has 0 aliphatic carbocycles. The normalized spacial score (nSPS) is 16.0. The van der Waals surface area contributed by atoms with Crippen LogP contribution in [0.3, 0.4) is 0 Å². The quantitative estimate of drug-likeness (QED) is 0.743. The van der Waals surface area contributed by atoms with E-state index in [-0.39, 0.29) is 11.7 Å². The summed E-state index contributed by atoms with van der Waals surface area (Å²) in [7, 11) is 0. The van der Waals surface area contributed by atoms with Crippen LogP contribution < -0.4 is 10.1 Å². The molecular formula is C10H11NO3. The molecule has 1 aliphatic heterocycles. The van der Waals surface area contributed by atoms with Gasteiger partial charge in [0.25, 0.3) is 0 Å². The molecule has 0 bridgehead atoms. The zero-order valence-corrected chi connectivity index (χ0v) is 7.56. The van der Waals surface area contributed by atoms with Crippen molar-refractivity contribution in [3.05, 3.63) is 29.8 Å². The Balaban J connectivity index is 2.01. The van der Waals surface area contributed by atoms with Crippen LogP contribution in [0.1, 0.15) is 10.4 Å². The number of hydrogen-bond acceptors (Lipinski definition) is 3. The molecule has 1 fully saturated rings. The molecule has 1 aromatic rings. The second-order valence-corrected chi connectivity index (χ2v) is 3.23. The number of ether oxygens (including phenoxy) is 1. The summed E-state index contributed by atoms with van der Waals surface area (Å²) in [4.78, 5) is 10.6. The maximum atomic E-state index is 10.6. The first-order valence-corrected chi connectivity index (χ1v) is 4.46. The average molecular weight is 193 g/mol. The Morgan fingerprint density at radius 3 is 2.43 bits per heavy atom. The summed E-state index contributed by atoms with van der Waals surface area (Å²) in [5, 5.41) is 11.8. The van der Waals surface area contributed by atoms with Crippen LogP contribution in [0.15, 0.2) is 24.3 Å². The lowest BCUT2D eigenvalue weighted by atomic mass is 10.2. The SMILES string of the molecule is O=C(O)c1ccc(OC2CNC2)cc1. The topological polar surface area (TPSA) is 58.6 Å². The van der Waals surface area contributed by atoms with Crippen LogP contribution in [0.2, 0.25) is 0 Å². The number of rotatable bonds is 3. The molecule has 0 radical (unpaired) electrons. The van der Waals surface area contributed by atoms with E-state index in [4.69, 9.17) is 9.84 Å². The largest absolute Gasteiger partial charge is 0.488 e. The molecule has 1 aliphatic rings. The van der Waals surface area contributed by atoms with Crippen LogP contribution in [0.4, 0.5) is 0 Å². The Bertz CT molecular complexity index is 330. The molecule has 1 aromatic carbocycles. The van der Waals surface area contributed by atoms with E-state index in [1.807, 2.05) is 0 Å². The monoisotopic (exact) mass is 193 g/mol. The summed E-state index contributed by atoms with van der Waals surface area (Å²) in [6.45, 7) is 1.72. The highest BCUT2D eigenvalue weighted by atomic mass is 16.5. The van der Waals surface area contributed by atoms with Crippen LogP contribution in [0.5, 0.6) is 5.75 Å². The van der Waals surface area contributed by atoms with Crippen molar-refractivity contribution in [1.29, 1.82) is 0 Å². The highest BCUT2D eigenvalue weighted by Crippen LogP contribution is 2.15. The minimum absolute atomic E-state index is 0.227. The summed E-state index contributed by atoms with van der Waals surface area (Å²) in [5.74, 6) is -0.191. The van der Waals surface area contributed by atoms with Crippen molar-refractivity contribution in [2.24, 2.45) is 0 Å². The second-order valence-electron chi connectivity index (χ2n) is 3.23. The van der Waals surface area contributed by atoms with Gasteiger partial charge in [0.05, 0.1) is 5.56 Å². The molecular weight excluding hydrogens is 182 g/mol. The molecule has 0 spiro atoms. The predicted molar refractivity (Wildman–Crippen MR) is 50.7 cm³/mol. The van der Waals surface area contributed by atoms with Crippen LogP contribution >= 0.6 is 0 Å². The summed E-state index contributed by atoms with van der Waals surface area (Å²) >= 11 is 0. The van der Waals surface area contributed by atoms with E-state index in [0.717, 1.165) is 18.8 Å². The smallest absolute Gasteiger partial charge is 0.335 e. The van der Waals surface area contributed by atoms with E-state index in [2.05, 4.69) is 5.32 Å². The lowest BCUT2D eigenvalue weighted by molar-refractivity contribution is 0.0697. The third kappa shape index (κ3) is 1.85. The van der Waals surface area contributed by atoms with Gasteiger partial charge in [-0.1, -0.05) is 0 Å². The zero-order valence-electron chi connectivity index (χ0n) is 7.56. The van der Waals surface area contributed by atoms with E-state index < -0.39 is 5.97 Å². The third-order valence-corrected chi connectivity index (χ3v) is 2.15. The number of carboxylic acid groups (broad SMARTS) is 1. The van der Waals surface area contributed by atoms with Crippen LogP contribution in [0, 0.1) is 0 Å².